The smallest absolute Gasteiger partial charge is 0.0548 e. The van der Waals surface area contributed by atoms with Crippen LogP contribution < -0.4 is 10.6 Å². The van der Waals surface area contributed by atoms with Gasteiger partial charge in [-0.25, -0.2) is 0 Å². The summed E-state index contributed by atoms with van der Waals surface area (Å²) in [4.78, 5) is 4.85. The first-order chi connectivity index (χ1) is 9.00. The van der Waals surface area contributed by atoms with Gasteiger partial charge in [0.2, 0.25) is 0 Å². The molecule has 2 atom stereocenters. The average molecular weight is 261 g/mol. The van der Waals surface area contributed by atoms with Crippen molar-refractivity contribution in [2.24, 2.45) is 5.73 Å². The number of hydrogen-bond acceptors (Lipinski definition) is 3. The Labute approximate surface area is 117 Å². The quantitative estimate of drug-likeness (QED) is 0.906. The summed E-state index contributed by atoms with van der Waals surface area (Å²) in [6, 6.07) is 9.17. The fraction of sp³-hybridized carbons (Fsp3) is 0.625. The van der Waals surface area contributed by atoms with E-state index >= 15 is 0 Å². The molecule has 0 radical (unpaired) electrons. The number of nitrogens with zero attached hydrogens (tertiary/aromatic N) is 2. The third kappa shape index (κ3) is 2.63. The number of hydrogen-bond donors (Lipinski definition) is 1. The van der Waals surface area contributed by atoms with Crippen molar-refractivity contribution in [2.75, 3.05) is 32.1 Å². The minimum atomic E-state index is 0.0953. The van der Waals surface area contributed by atoms with Gasteiger partial charge in [0.15, 0.2) is 0 Å². The Morgan fingerprint density at radius 2 is 2.11 bits per heavy atom. The molecule has 2 unspecified atom stereocenters. The molecule has 106 valence electrons. The van der Waals surface area contributed by atoms with Crippen molar-refractivity contribution < 1.29 is 0 Å². The van der Waals surface area contributed by atoms with Crippen LogP contribution in [0.25, 0.3) is 0 Å². The van der Waals surface area contributed by atoms with E-state index in [2.05, 4.69) is 62.0 Å². The number of likely N-dealkylation sites (N-methyl/N-ethyl adjacent to an activating group) is 1. The van der Waals surface area contributed by atoms with Crippen LogP contribution in [0.1, 0.15) is 25.3 Å². The molecule has 0 saturated carbocycles. The van der Waals surface area contributed by atoms with Crippen LogP contribution in [-0.2, 0) is 0 Å². The van der Waals surface area contributed by atoms with E-state index in [-0.39, 0.29) is 5.54 Å². The van der Waals surface area contributed by atoms with E-state index in [0.717, 1.165) is 25.9 Å². The van der Waals surface area contributed by atoms with Crippen LogP contribution >= 0.6 is 0 Å². The molecule has 1 saturated heterocycles. The zero-order chi connectivity index (χ0) is 14.0. The Bertz CT molecular complexity index is 432. The van der Waals surface area contributed by atoms with Gasteiger partial charge in [0.05, 0.1) is 5.54 Å². The zero-order valence-corrected chi connectivity index (χ0v) is 12.7. The van der Waals surface area contributed by atoms with Crippen molar-refractivity contribution >= 4 is 5.69 Å². The summed E-state index contributed by atoms with van der Waals surface area (Å²) in [5.74, 6) is 0. The molecule has 1 aromatic rings. The second kappa shape index (κ2) is 5.51. The predicted octanol–water partition coefficient (Wildman–Crippen LogP) is 2.24. The van der Waals surface area contributed by atoms with Crippen molar-refractivity contribution in [3.63, 3.8) is 0 Å². The summed E-state index contributed by atoms with van der Waals surface area (Å²) in [5, 5.41) is 0. The maximum absolute atomic E-state index is 6.17. The van der Waals surface area contributed by atoms with Crippen LogP contribution in [0.2, 0.25) is 0 Å². The second-order valence-electron chi connectivity index (χ2n) is 6.06. The standard InChI is InChI=1S/C16H27N3/c1-13-7-5-6-8-15(13)19(4)16(12-17)9-10-18(3)14(2)11-16/h5-8,14H,9-12,17H2,1-4H3. The van der Waals surface area contributed by atoms with Gasteiger partial charge in [-0.15, -0.1) is 0 Å². The molecule has 1 heterocycles. The summed E-state index contributed by atoms with van der Waals surface area (Å²) >= 11 is 0. The van der Waals surface area contributed by atoms with E-state index in [9.17, 15) is 0 Å². The third-order valence-electron chi connectivity index (χ3n) is 4.93. The Morgan fingerprint density at radius 1 is 1.42 bits per heavy atom. The van der Waals surface area contributed by atoms with Crippen LogP contribution in [0, 0.1) is 6.92 Å². The van der Waals surface area contributed by atoms with Crippen LogP contribution in [0.5, 0.6) is 0 Å². The fourth-order valence-electron chi connectivity index (χ4n) is 3.23. The van der Waals surface area contributed by atoms with E-state index in [1.165, 1.54) is 11.3 Å². The first-order valence-electron chi connectivity index (χ1n) is 7.20. The van der Waals surface area contributed by atoms with E-state index in [4.69, 9.17) is 5.73 Å². The highest BCUT2D eigenvalue weighted by molar-refractivity contribution is 5.54. The predicted molar refractivity (Wildman–Crippen MR) is 82.7 cm³/mol. The van der Waals surface area contributed by atoms with Gasteiger partial charge in [-0.05, 0) is 45.4 Å². The van der Waals surface area contributed by atoms with Gasteiger partial charge in [0.25, 0.3) is 0 Å². The number of para-hydroxylation sites is 1. The van der Waals surface area contributed by atoms with Crippen molar-refractivity contribution in [1.29, 1.82) is 0 Å². The molecule has 3 nitrogen and oxygen atoms in total. The lowest BCUT2D eigenvalue weighted by Crippen LogP contribution is -2.60. The minimum Gasteiger partial charge on any atom is -0.367 e. The van der Waals surface area contributed by atoms with E-state index < -0.39 is 0 Å². The Morgan fingerprint density at radius 3 is 2.68 bits per heavy atom. The molecular weight excluding hydrogens is 234 g/mol. The molecule has 0 aliphatic carbocycles. The Kier molecular flexibility index (Phi) is 4.16. The highest BCUT2D eigenvalue weighted by atomic mass is 15.2. The van der Waals surface area contributed by atoms with Gasteiger partial charge in [-0.2, -0.15) is 0 Å². The summed E-state index contributed by atoms with van der Waals surface area (Å²) < 4.78 is 0. The lowest BCUT2D eigenvalue weighted by Gasteiger charge is -2.50. The fourth-order valence-corrected chi connectivity index (χ4v) is 3.23. The summed E-state index contributed by atoms with van der Waals surface area (Å²) in [6.07, 6.45) is 2.26. The monoisotopic (exact) mass is 261 g/mol. The lowest BCUT2D eigenvalue weighted by atomic mass is 9.82. The maximum Gasteiger partial charge on any atom is 0.0548 e. The summed E-state index contributed by atoms with van der Waals surface area (Å²) in [7, 11) is 4.41. The number of aryl methyl sites for hydroxylation is 1. The molecule has 1 aromatic carbocycles. The Balaban J connectivity index is 2.29. The molecule has 1 fully saturated rings. The first kappa shape index (κ1) is 14.4. The van der Waals surface area contributed by atoms with Crippen LogP contribution in [0.4, 0.5) is 5.69 Å². The number of rotatable bonds is 3. The third-order valence-corrected chi connectivity index (χ3v) is 4.93. The van der Waals surface area contributed by atoms with Gasteiger partial charge >= 0.3 is 0 Å². The number of piperidine rings is 1. The van der Waals surface area contributed by atoms with E-state index in [0.29, 0.717) is 6.04 Å². The molecule has 1 aliphatic rings. The number of likely N-dealkylation sites (tertiary alicyclic amines) is 1. The number of benzene rings is 1. The highest BCUT2D eigenvalue weighted by Gasteiger charge is 2.39. The van der Waals surface area contributed by atoms with Gasteiger partial charge < -0.3 is 15.5 Å². The van der Waals surface area contributed by atoms with E-state index in [1.54, 1.807) is 0 Å². The van der Waals surface area contributed by atoms with Crippen molar-refractivity contribution in [1.82, 2.24) is 4.90 Å². The van der Waals surface area contributed by atoms with Gasteiger partial charge in [0, 0.05) is 31.9 Å². The SMILES string of the molecule is Cc1ccccc1N(C)C1(CN)CCN(C)C(C)C1. The molecule has 1 aliphatic heterocycles. The molecule has 0 bridgehead atoms. The maximum atomic E-state index is 6.17. The number of nitrogens with two attached hydrogens (primary N) is 1. The van der Waals surface area contributed by atoms with Crippen LogP contribution in [-0.4, -0.2) is 43.7 Å². The summed E-state index contributed by atoms with van der Waals surface area (Å²) in [5.41, 5.74) is 8.90. The largest absolute Gasteiger partial charge is 0.367 e. The lowest BCUT2D eigenvalue weighted by molar-refractivity contribution is 0.132. The zero-order valence-electron chi connectivity index (χ0n) is 12.7. The van der Waals surface area contributed by atoms with Crippen molar-refractivity contribution in [2.45, 2.75) is 38.3 Å². The molecule has 19 heavy (non-hydrogen) atoms. The van der Waals surface area contributed by atoms with Gasteiger partial charge in [0.1, 0.15) is 0 Å². The molecule has 3 heteroatoms. The molecule has 0 amide bonds. The second-order valence-corrected chi connectivity index (χ2v) is 6.06. The highest BCUT2D eigenvalue weighted by Crippen LogP contribution is 2.34. The number of anilines is 1. The molecule has 2 rings (SSSR count). The van der Waals surface area contributed by atoms with Gasteiger partial charge in [-0.1, -0.05) is 18.2 Å². The molecule has 0 aromatic heterocycles. The van der Waals surface area contributed by atoms with Crippen molar-refractivity contribution in [3.05, 3.63) is 29.8 Å². The average Bonchev–Trinajstić information content (AvgIpc) is 2.42. The van der Waals surface area contributed by atoms with Crippen LogP contribution in [0.15, 0.2) is 24.3 Å². The molecule has 2 N–H and O–H groups in total. The minimum absolute atomic E-state index is 0.0953. The normalized spacial score (nSPS) is 28.4. The molecular formula is C16H27N3. The van der Waals surface area contributed by atoms with Crippen LogP contribution in [0.3, 0.4) is 0 Å². The van der Waals surface area contributed by atoms with Crippen molar-refractivity contribution in [3.8, 4) is 0 Å². The first-order valence-corrected chi connectivity index (χ1v) is 7.20. The van der Waals surface area contributed by atoms with Gasteiger partial charge in [-0.3, -0.25) is 0 Å². The summed E-state index contributed by atoms with van der Waals surface area (Å²) in [6.45, 7) is 6.31. The Hall–Kier alpha value is -1.06. The van der Waals surface area contributed by atoms with E-state index in [1.807, 2.05) is 0 Å². The topological polar surface area (TPSA) is 32.5 Å². The molecule has 0 spiro atoms.